The van der Waals surface area contributed by atoms with E-state index in [1.165, 1.54) is 0 Å². The summed E-state index contributed by atoms with van der Waals surface area (Å²) in [5, 5.41) is 3.17. The first-order valence-electron chi connectivity index (χ1n) is 4.69. The van der Waals surface area contributed by atoms with E-state index in [-0.39, 0.29) is 0 Å². The summed E-state index contributed by atoms with van der Waals surface area (Å²) in [7, 11) is 1.95. The van der Waals surface area contributed by atoms with Gasteiger partial charge in [-0.1, -0.05) is 0 Å². The summed E-state index contributed by atoms with van der Waals surface area (Å²) in [6.07, 6.45) is 2.86. The van der Waals surface area contributed by atoms with E-state index in [2.05, 4.69) is 12.2 Å². The summed E-state index contributed by atoms with van der Waals surface area (Å²) < 4.78 is 0. The van der Waals surface area contributed by atoms with Crippen molar-refractivity contribution < 1.29 is 4.79 Å². The van der Waals surface area contributed by atoms with Gasteiger partial charge in [-0.05, 0) is 26.8 Å². The van der Waals surface area contributed by atoms with Gasteiger partial charge >= 0.3 is 0 Å². The van der Waals surface area contributed by atoms with E-state index in [1.807, 2.05) is 11.9 Å². The summed E-state index contributed by atoms with van der Waals surface area (Å²) in [5.74, 6) is 0.332. The lowest BCUT2D eigenvalue weighted by atomic mass is 10.2. The van der Waals surface area contributed by atoms with E-state index in [9.17, 15) is 4.79 Å². The molecule has 1 aliphatic heterocycles. The predicted molar refractivity (Wildman–Crippen MR) is 49.0 cm³/mol. The van der Waals surface area contributed by atoms with E-state index in [4.69, 9.17) is 0 Å². The van der Waals surface area contributed by atoms with Gasteiger partial charge < -0.3 is 10.2 Å². The maximum atomic E-state index is 11.2. The van der Waals surface area contributed by atoms with Crippen LogP contribution in [0, 0.1) is 0 Å². The Balaban J connectivity index is 2.18. The fourth-order valence-electron chi connectivity index (χ4n) is 1.43. The largest absolute Gasteiger partial charge is 0.343 e. The number of hydrogen-bond acceptors (Lipinski definition) is 2. The molecular formula is C9H18N2O. The monoisotopic (exact) mass is 170 g/mol. The van der Waals surface area contributed by atoms with Crippen molar-refractivity contribution in [1.82, 2.24) is 10.2 Å². The standard InChI is InChI=1S/C9H18N2O/c1-8(10-2)5-7-11-6-3-4-9(11)12/h8,10H,3-7H2,1-2H3. The molecule has 3 heteroatoms. The van der Waals surface area contributed by atoms with Gasteiger partial charge in [0.2, 0.25) is 5.91 Å². The number of nitrogens with zero attached hydrogens (tertiary/aromatic N) is 1. The third-order valence-corrected chi connectivity index (χ3v) is 2.50. The third kappa shape index (κ3) is 2.48. The quantitative estimate of drug-likeness (QED) is 0.670. The van der Waals surface area contributed by atoms with Crippen LogP contribution in [0.5, 0.6) is 0 Å². The van der Waals surface area contributed by atoms with Crippen LogP contribution in [0.25, 0.3) is 0 Å². The number of carbonyl (C=O) groups is 1. The molecule has 0 aromatic rings. The molecule has 0 spiro atoms. The molecule has 1 fully saturated rings. The Labute approximate surface area is 74.1 Å². The molecule has 0 aromatic heterocycles. The Morgan fingerprint density at radius 2 is 2.42 bits per heavy atom. The van der Waals surface area contributed by atoms with Crippen LogP contribution in [-0.2, 0) is 4.79 Å². The van der Waals surface area contributed by atoms with Crippen molar-refractivity contribution in [3.05, 3.63) is 0 Å². The number of hydrogen-bond donors (Lipinski definition) is 1. The molecule has 12 heavy (non-hydrogen) atoms. The molecule has 1 atom stereocenters. The van der Waals surface area contributed by atoms with Crippen LogP contribution in [0.2, 0.25) is 0 Å². The predicted octanol–water partition coefficient (Wildman–Crippen LogP) is 0.607. The van der Waals surface area contributed by atoms with Gasteiger partial charge in [0.05, 0.1) is 0 Å². The average molecular weight is 170 g/mol. The second kappa shape index (κ2) is 4.45. The van der Waals surface area contributed by atoms with Gasteiger partial charge in [0.15, 0.2) is 0 Å². The molecule has 70 valence electrons. The summed E-state index contributed by atoms with van der Waals surface area (Å²) in [4.78, 5) is 13.1. The molecule has 0 radical (unpaired) electrons. The van der Waals surface area contributed by atoms with Crippen molar-refractivity contribution >= 4 is 5.91 Å². The molecule has 0 aliphatic carbocycles. The van der Waals surface area contributed by atoms with Crippen molar-refractivity contribution in [2.24, 2.45) is 0 Å². The number of carbonyl (C=O) groups excluding carboxylic acids is 1. The molecule has 0 bridgehead atoms. The molecule has 3 nitrogen and oxygen atoms in total. The highest BCUT2D eigenvalue weighted by molar-refractivity contribution is 5.77. The highest BCUT2D eigenvalue weighted by Gasteiger charge is 2.19. The minimum Gasteiger partial charge on any atom is -0.343 e. The number of amides is 1. The zero-order chi connectivity index (χ0) is 8.97. The Hall–Kier alpha value is -0.570. The van der Waals surface area contributed by atoms with Crippen molar-refractivity contribution in [2.45, 2.75) is 32.2 Å². The summed E-state index contributed by atoms with van der Waals surface area (Å²) in [6.45, 7) is 4.02. The van der Waals surface area contributed by atoms with Gasteiger partial charge in [0.25, 0.3) is 0 Å². The molecule has 1 amide bonds. The van der Waals surface area contributed by atoms with Crippen LogP contribution in [0.3, 0.4) is 0 Å². The second-order valence-electron chi connectivity index (χ2n) is 3.46. The van der Waals surface area contributed by atoms with E-state index >= 15 is 0 Å². The van der Waals surface area contributed by atoms with E-state index in [1.54, 1.807) is 0 Å². The van der Waals surface area contributed by atoms with Gasteiger partial charge in [0.1, 0.15) is 0 Å². The fourth-order valence-corrected chi connectivity index (χ4v) is 1.43. The molecule has 1 rings (SSSR count). The van der Waals surface area contributed by atoms with Crippen LogP contribution in [-0.4, -0.2) is 37.0 Å². The lowest BCUT2D eigenvalue weighted by molar-refractivity contribution is -0.127. The smallest absolute Gasteiger partial charge is 0.222 e. The van der Waals surface area contributed by atoms with E-state index < -0.39 is 0 Å². The lowest BCUT2D eigenvalue weighted by Gasteiger charge is -2.17. The maximum absolute atomic E-state index is 11.2. The van der Waals surface area contributed by atoms with Gasteiger partial charge in [-0.25, -0.2) is 0 Å². The summed E-state index contributed by atoms with van der Waals surface area (Å²) in [6, 6.07) is 0.512. The number of likely N-dealkylation sites (tertiary alicyclic amines) is 1. The molecule has 1 N–H and O–H groups in total. The molecule has 1 aliphatic rings. The Bertz CT molecular complexity index is 159. The molecule has 1 heterocycles. The van der Waals surface area contributed by atoms with Crippen LogP contribution in [0.1, 0.15) is 26.2 Å². The first-order chi connectivity index (χ1) is 5.74. The Kier molecular flexibility index (Phi) is 3.53. The van der Waals surface area contributed by atoms with E-state index in [0.717, 1.165) is 32.4 Å². The minimum atomic E-state index is 0.332. The first kappa shape index (κ1) is 9.52. The normalized spacial score (nSPS) is 20.2. The van der Waals surface area contributed by atoms with Crippen LogP contribution in [0.15, 0.2) is 0 Å². The summed E-state index contributed by atoms with van der Waals surface area (Å²) in [5.41, 5.74) is 0. The Morgan fingerprint density at radius 3 is 2.92 bits per heavy atom. The van der Waals surface area contributed by atoms with E-state index in [0.29, 0.717) is 11.9 Å². The van der Waals surface area contributed by atoms with Crippen LogP contribution >= 0.6 is 0 Å². The Morgan fingerprint density at radius 1 is 1.67 bits per heavy atom. The molecular weight excluding hydrogens is 152 g/mol. The van der Waals surface area contributed by atoms with Gasteiger partial charge in [-0.15, -0.1) is 0 Å². The third-order valence-electron chi connectivity index (χ3n) is 2.50. The summed E-state index contributed by atoms with van der Waals surface area (Å²) >= 11 is 0. The van der Waals surface area contributed by atoms with Crippen molar-refractivity contribution in [1.29, 1.82) is 0 Å². The minimum absolute atomic E-state index is 0.332. The lowest BCUT2D eigenvalue weighted by Crippen LogP contribution is -2.31. The molecule has 1 saturated heterocycles. The van der Waals surface area contributed by atoms with Gasteiger partial charge in [0, 0.05) is 25.6 Å². The van der Waals surface area contributed by atoms with Crippen LogP contribution in [0.4, 0.5) is 0 Å². The number of nitrogens with one attached hydrogen (secondary N) is 1. The highest BCUT2D eigenvalue weighted by Crippen LogP contribution is 2.10. The fraction of sp³-hybridized carbons (Fsp3) is 0.889. The maximum Gasteiger partial charge on any atom is 0.222 e. The van der Waals surface area contributed by atoms with Crippen molar-refractivity contribution in [3.63, 3.8) is 0 Å². The zero-order valence-electron chi connectivity index (χ0n) is 7.97. The second-order valence-corrected chi connectivity index (χ2v) is 3.46. The molecule has 1 unspecified atom stereocenters. The average Bonchev–Trinajstić information content (AvgIpc) is 2.47. The first-order valence-corrected chi connectivity index (χ1v) is 4.69. The highest BCUT2D eigenvalue weighted by atomic mass is 16.2. The number of rotatable bonds is 4. The van der Waals surface area contributed by atoms with Gasteiger partial charge in [-0.3, -0.25) is 4.79 Å². The van der Waals surface area contributed by atoms with Gasteiger partial charge in [-0.2, -0.15) is 0 Å². The SMILES string of the molecule is CNC(C)CCN1CCCC1=O. The van der Waals surface area contributed by atoms with Crippen LogP contribution < -0.4 is 5.32 Å². The molecule has 0 saturated carbocycles. The topological polar surface area (TPSA) is 32.3 Å². The zero-order valence-corrected chi connectivity index (χ0v) is 7.97. The molecule has 0 aromatic carbocycles. The van der Waals surface area contributed by atoms with Crippen molar-refractivity contribution in [3.8, 4) is 0 Å². The van der Waals surface area contributed by atoms with Crippen molar-refractivity contribution in [2.75, 3.05) is 20.1 Å².